The minimum absolute atomic E-state index is 0.227. The van der Waals surface area contributed by atoms with Crippen molar-refractivity contribution in [3.05, 3.63) is 70.3 Å². The smallest absolute Gasteiger partial charge is 0.291 e. The van der Waals surface area contributed by atoms with Crippen LogP contribution in [0.15, 0.2) is 58.5 Å². The van der Waals surface area contributed by atoms with Gasteiger partial charge in [-0.1, -0.05) is 36.9 Å². The molecule has 2 aromatic carbocycles. The SMILES string of the molecule is CCCSc1n[n+]2c(c(=O)[nH]1)-c1ccccc1N(C(C)=O)[C@@H]2c1cccc(F)c1. The van der Waals surface area contributed by atoms with Crippen molar-refractivity contribution < 1.29 is 13.9 Å². The van der Waals surface area contributed by atoms with Crippen LogP contribution in [0.4, 0.5) is 10.1 Å². The molecule has 0 unspecified atom stereocenters. The molecular formula is C21H20FN4O2S+. The lowest BCUT2D eigenvalue weighted by Crippen LogP contribution is -2.60. The molecule has 1 aromatic heterocycles. The second-order valence-electron chi connectivity index (χ2n) is 6.74. The lowest BCUT2D eigenvalue weighted by Gasteiger charge is -2.31. The molecule has 6 nitrogen and oxygen atoms in total. The van der Waals surface area contributed by atoms with Crippen LogP contribution in [-0.2, 0) is 4.79 Å². The fraction of sp³-hybridized carbons (Fsp3) is 0.238. The average Bonchev–Trinajstić information content (AvgIpc) is 2.70. The summed E-state index contributed by atoms with van der Waals surface area (Å²) in [7, 11) is 0. The quantitative estimate of drug-likeness (QED) is 0.528. The van der Waals surface area contributed by atoms with Crippen molar-refractivity contribution >= 4 is 23.4 Å². The van der Waals surface area contributed by atoms with Gasteiger partial charge >= 0.3 is 11.3 Å². The number of aromatic nitrogens is 3. The molecule has 1 atom stereocenters. The van der Waals surface area contributed by atoms with Crippen molar-refractivity contribution in [2.24, 2.45) is 0 Å². The van der Waals surface area contributed by atoms with Crippen molar-refractivity contribution in [1.29, 1.82) is 0 Å². The normalized spacial score (nSPS) is 15.0. The third kappa shape index (κ3) is 3.44. The number of para-hydroxylation sites is 1. The first kappa shape index (κ1) is 19.3. The molecule has 4 rings (SSSR count). The van der Waals surface area contributed by atoms with Gasteiger partial charge in [0.15, 0.2) is 0 Å². The number of nitrogens with one attached hydrogen (secondary N) is 1. The van der Waals surface area contributed by atoms with Gasteiger partial charge in [-0.05, 0) is 41.4 Å². The maximum absolute atomic E-state index is 14.0. The molecule has 1 aliphatic rings. The molecule has 1 N–H and O–H groups in total. The van der Waals surface area contributed by atoms with Gasteiger partial charge in [-0.25, -0.2) is 9.29 Å². The molecule has 0 saturated heterocycles. The number of H-pyrrole nitrogens is 1. The summed E-state index contributed by atoms with van der Waals surface area (Å²) in [5.41, 5.74) is 1.78. The predicted molar refractivity (Wildman–Crippen MR) is 109 cm³/mol. The number of nitrogens with zero attached hydrogens (tertiary/aromatic N) is 3. The average molecular weight is 411 g/mol. The zero-order valence-corrected chi connectivity index (χ0v) is 16.9. The fourth-order valence-corrected chi connectivity index (χ4v) is 4.25. The number of hydrogen-bond acceptors (Lipinski definition) is 4. The van der Waals surface area contributed by atoms with Crippen molar-refractivity contribution in [3.63, 3.8) is 0 Å². The number of aromatic amines is 1. The Morgan fingerprint density at radius 2 is 2.07 bits per heavy atom. The fourth-order valence-electron chi connectivity index (χ4n) is 3.54. The minimum Gasteiger partial charge on any atom is -0.291 e. The summed E-state index contributed by atoms with van der Waals surface area (Å²) in [6, 6.07) is 13.2. The Morgan fingerprint density at radius 1 is 1.28 bits per heavy atom. The van der Waals surface area contributed by atoms with Gasteiger partial charge in [0.1, 0.15) is 5.82 Å². The number of carbonyl (C=O) groups excluding carboxylic acids is 1. The summed E-state index contributed by atoms with van der Waals surface area (Å²) in [5, 5.41) is 5.10. The summed E-state index contributed by atoms with van der Waals surface area (Å²) in [4.78, 5) is 30.1. The van der Waals surface area contributed by atoms with Gasteiger partial charge in [0.05, 0.1) is 11.3 Å². The standard InChI is InChI=1S/C21H19FN4O2S/c1-3-11-29-21-23-19(28)18-16-9-4-5-10-17(16)25(13(2)27)20(26(18)24-21)14-7-6-8-15(22)12-14/h4-10,12,20H,3,11H2,1-2H3/p+1/t20-/m0/s1. The van der Waals surface area contributed by atoms with Crippen LogP contribution in [0, 0.1) is 5.82 Å². The van der Waals surface area contributed by atoms with Gasteiger partial charge in [-0.15, -0.1) is 0 Å². The Balaban J connectivity index is 2.03. The van der Waals surface area contributed by atoms with E-state index in [0.717, 1.165) is 12.2 Å². The zero-order valence-electron chi connectivity index (χ0n) is 16.1. The first-order valence-corrected chi connectivity index (χ1v) is 10.3. The first-order valence-electron chi connectivity index (χ1n) is 9.35. The molecule has 0 fully saturated rings. The van der Waals surface area contributed by atoms with E-state index in [2.05, 4.69) is 10.1 Å². The van der Waals surface area contributed by atoms with Gasteiger partial charge in [0, 0.05) is 23.3 Å². The lowest BCUT2D eigenvalue weighted by atomic mass is 10.0. The summed E-state index contributed by atoms with van der Waals surface area (Å²) in [6.45, 7) is 3.49. The number of rotatable bonds is 4. The molecular weight excluding hydrogens is 391 g/mol. The van der Waals surface area contributed by atoms with Crippen LogP contribution in [0.3, 0.4) is 0 Å². The molecule has 29 heavy (non-hydrogen) atoms. The van der Waals surface area contributed by atoms with Crippen LogP contribution < -0.4 is 15.1 Å². The lowest BCUT2D eigenvalue weighted by molar-refractivity contribution is -0.763. The van der Waals surface area contributed by atoms with E-state index in [0.29, 0.717) is 27.7 Å². The maximum atomic E-state index is 14.0. The van der Waals surface area contributed by atoms with Crippen LogP contribution in [-0.4, -0.2) is 21.7 Å². The van der Waals surface area contributed by atoms with Crippen LogP contribution in [0.25, 0.3) is 11.3 Å². The molecule has 8 heteroatoms. The number of anilines is 1. The zero-order chi connectivity index (χ0) is 20.5. The van der Waals surface area contributed by atoms with Gasteiger partial charge in [-0.2, -0.15) is 0 Å². The van der Waals surface area contributed by atoms with E-state index in [4.69, 9.17) is 0 Å². The van der Waals surface area contributed by atoms with Crippen LogP contribution in [0.2, 0.25) is 0 Å². The van der Waals surface area contributed by atoms with E-state index in [1.165, 1.54) is 35.5 Å². The van der Waals surface area contributed by atoms with Crippen LogP contribution >= 0.6 is 11.8 Å². The predicted octanol–water partition coefficient (Wildman–Crippen LogP) is 3.28. The Labute approximate surface area is 171 Å². The number of fused-ring (bicyclic) bond motifs is 3. The molecule has 3 aromatic rings. The minimum atomic E-state index is -0.767. The van der Waals surface area contributed by atoms with Crippen molar-refractivity contribution in [2.45, 2.75) is 31.6 Å². The third-order valence-corrected chi connectivity index (χ3v) is 5.76. The van der Waals surface area contributed by atoms with Gasteiger partial charge in [0.25, 0.3) is 6.17 Å². The molecule has 2 heterocycles. The first-order chi connectivity index (χ1) is 14.0. The number of benzene rings is 2. The molecule has 1 amide bonds. The topological polar surface area (TPSA) is 69.9 Å². The maximum Gasteiger partial charge on any atom is 0.325 e. The molecule has 0 aliphatic carbocycles. The van der Waals surface area contributed by atoms with Gasteiger partial charge in [0.2, 0.25) is 11.1 Å². The van der Waals surface area contributed by atoms with Crippen molar-refractivity contribution in [1.82, 2.24) is 10.1 Å². The number of amides is 1. The summed E-state index contributed by atoms with van der Waals surface area (Å²) in [5.74, 6) is 0.145. The van der Waals surface area contributed by atoms with Gasteiger partial charge in [-0.3, -0.25) is 14.6 Å². The highest BCUT2D eigenvalue weighted by atomic mass is 32.2. The molecule has 0 bridgehead atoms. The van der Waals surface area contributed by atoms with Crippen LogP contribution in [0.5, 0.6) is 0 Å². The Hall–Kier alpha value is -3.00. The summed E-state index contributed by atoms with van der Waals surface area (Å²) in [6.07, 6.45) is 0.155. The second kappa shape index (κ2) is 7.79. The highest BCUT2D eigenvalue weighted by Gasteiger charge is 2.44. The Morgan fingerprint density at radius 3 is 2.79 bits per heavy atom. The van der Waals surface area contributed by atoms with Crippen molar-refractivity contribution in [3.8, 4) is 11.3 Å². The highest BCUT2D eigenvalue weighted by molar-refractivity contribution is 7.99. The molecule has 0 saturated carbocycles. The Bertz CT molecular complexity index is 1150. The third-order valence-electron chi connectivity index (χ3n) is 4.69. The van der Waals surface area contributed by atoms with Crippen molar-refractivity contribution in [2.75, 3.05) is 10.7 Å². The molecule has 148 valence electrons. The number of hydrogen-bond donors (Lipinski definition) is 1. The number of thioether (sulfide) groups is 1. The van der Waals surface area contributed by atoms with Gasteiger partial charge < -0.3 is 0 Å². The molecule has 1 aliphatic heterocycles. The van der Waals surface area contributed by atoms with E-state index in [1.54, 1.807) is 35.2 Å². The second-order valence-corrected chi connectivity index (χ2v) is 7.82. The molecule has 0 radical (unpaired) electrons. The van der Waals surface area contributed by atoms with Crippen LogP contribution in [0.1, 0.15) is 32.0 Å². The number of halogens is 1. The largest absolute Gasteiger partial charge is 0.325 e. The van der Waals surface area contributed by atoms with E-state index < -0.39 is 12.0 Å². The van der Waals surface area contributed by atoms with E-state index in [1.807, 2.05) is 13.0 Å². The van der Waals surface area contributed by atoms with E-state index in [9.17, 15) is 14.0 Å². The Kier molecular flexibility index (Phi) is 5.19. The molecule has 0 spiro atoms. The number of carbonyl (C=O) groups is 1. The van der Waals surface area contributed by atoms with E-state index >= 15 is 0 Å². The summed E-state index contributed by atoms with van der Waals surface area (Å²) < 4.78 is 15.6. The van der Waals surface area contributed by atoms with E-state index in [-0.39, 0.29) is 11.5 Å². The summed E-state index contributed by atoms with van der Waals surface area (Å²) >= 11 is 1.43. The highest BCUT2D eigenvalue weighted by Crippen LogP contribution is 2.37. The monoisotopic (exact) mass is 411 g/mol.